The van der Waals surface area contributed by atoms with Crippen molar-refractivity contribution in [2.24, 2.45) is 0 Å². The van der Waals surface area contributed by atoms with Crippen LogP contribution in [0.2, 0.25) is 0 Å². The molecule has 0 bridgehead atoms. The lowest BCUT2D eigenvalue weighted by molar-refractivity contribution is 0.418. The van der Waals surface area contributed by atoms with Crippen molar-refractivity contribution in [1.29, 1.82) is 0 Å². The van der Waals surface area contributed by atoms with Gasteiger partial charge in [0, 0.05) is 11.8 Å². The van der Waals surface area contributed by atoms with E-state index >= 15 is 0 Å². The minimum absolute atomic E-state index is 0.174. The molecule has 19 heavy (non-hydrogen) atoms. The second-order valence-corrected chi connectivity index (χ2v) is 5.07. The second kappa shape index (κ2) is 4.68. The molecule has 0 atom stereocenters. The molecule has 100 valence electrons. The fourth-order valence-corrected chi connectivity index (χ4v) is 2.95. The lowest BCUT2D eigenvalue weighted by atomic mass is 10.0. The standard InChI is InChI=1S/C15H16FNO2/c1-19-13-7-6-10(16)15-14(13)12(18)8-11(17-15)9-4-2-3-5-9/h6-9H,2-5H2,1H3,(H,17,18). The molecule has 0 aliphatic heterocycles. The van der Waals surface area contributed by atoms with Crippen molar-refractivity contribution in [2.75, 3.05) is 7.11 Å². The highest BCUT2D eigenvalue weighted by Gasteiger charge is 2.20. The Bertz CT molecular complexity index is 672. The number of aromatic nitrogens is 1. The summed E-state index contributed by atoms with van der Waals surface area (Å²) in [7, 11) is 1.48. The van der Waals surface area contributed by atoms with Gasteiger partial charge in [-0.1, -0.05) is 12.8 Å². The fraction of sp³-hybridized carbons (Fsp3) is 0.400. The molecule has 3 rings (SSSR count). The topological polar surface area (TPSA) is 42.1 Å². The number of halogens is 1. The first-order chi connectivity index (χ1) is 9.20. The summed E-state index contributed by atoms with van der Waals surface area (Å²) in [5.74, 6) is 0.353. The van der Waals surface area contributed by atoms with E-state index in [1.807, 2.05) is 0 Å². The molecule has 1 aliphatic rings. The number of methoxy groups -OCH3 is 1. The molecule has 4 heteroatoms. The van der Waals surface area contributed by atoms with Crippen molar-refractivity contribution in [3.05, 3.63) is 39.9 Å². The average Bonchev–Trinajstić information content (AvgIpc) is 2.93. The zero-order valence-electron chi connectivity index (χ0n) is 10.8. The largest absolute Gasteiger partial charge is 0.496 e. The first-order valence-electron chi connectivity index (χ1n) is 6.60. The van der Waals surface area contributed by atoms with Crippen LogP contribution in [0.25, 0.3) is 10.9 Å². The molecule has 0 amide bonds. The van der Waals surface area contributed by atoms with Gasteiger partial charge in [0.1, 0.15) is 11.6 Å². The predicted octanol–water partition coefficient (Wildman–Crippen LogP) is 3.33. The Kier molecular flexibility index (Phi) is 3.01. The number of hydrogen-bond donors (Lipinski definition) is 1. The zero-order valence-corrected chi connectivity index (χ0v) is 10.8. The predicted molar refractivity (Wildman–Crippen MR) is 72.3 cm³/mol. The Morgan fingerprint density at radius 3 is 2.74 bits per heavy atom. The molecule has 0 spiro atoms. The van der Waals surface area contributed by atoms with Crippen LogP contribution in [0.15, 0.2) is 23.0 Å². The molecular formula is C15H16FNO2. The summed E-state index contributed by atoms with van der Waals surface area (Å²) in [6.07, 6.45) is 4.47. The van der Waals surface area contributed by atoms with E-state index in [0.717, 1.165) is 18.5 Å². The second-order valence-electron chi connectivity index (χ2n) is 5.07. The lowest BCUT2D eigenvalue weighted by Crippen LogP contribution is -2.09. The van der Waals surface area contributed by atoms with Crippen LogP contribution in [-0.2, 0) is 0 Å². The number of H-pyrrole nitrogens is 1. The van der Waals surface area contributed by atoms with Gasteiger partial charge in [-0.05, 0) is 30.9 Å². The molecule has 0 saturated heterocycles. The highest BCUT2D eigenvalue weighted by atomic mass is 19.1. The highest BCUT2D eigenvalue weighted by molar-refractivity contribution is 5.85. The summed E-state index contributed by atoms with van der Waals surface area (Å²) >= 11 is 0. The normalized spacial score (nSPS) is 16.1. The number of fused-ring (bicyclic) bond motifs is 1. The van der Waals surface area contributed by atoms with E-state index in [-0.39, 0.29) is 10.9 Å². The van der Waals surface area contributed by atoms with Gasteiger partial charge in [-0.2, -0.15) is 0 Å². The first kappa shape index (κ1) is 12.2. The smallest absolute Gasteiger partial charge is 0.193 e. The van der Waals surface area contributed by atoms with Gasteiger partial charge in [-0.3, -0.25) is 4.79 Å². The Balaban J connectivity index is 2.25. The number of ether oxygens (including phenoxy) is 1. The molecule has 0 unspecified atom stereocenters. The van der Waals surface area contributed by atoms with Gasteiger partial charge in [0.15, 0.2) is 5.43 Å². The molecular weight excluding hydrogens is 245 g/mol. The molecule has 3 nitrogen and oxygen atoms in total. The SMILES string of the molecule is COc1ccc(F)c2[nH]c(C3CCCC3)cc(=O)c12. The maximum absolute atomic E-state index is 13.9. The molecule has 1 heterocycles. The van der Waals surface area contributed by atoms with E-state index < -0.39 is 5.82 Å². The maximum atomic E-state index is 13.9. The van der Waals surface area contributed by atoms with Crippen LogP contribution in [0.3, 0.4) is 0 Å². The van der Waals surface area contributed by atoms with E-state index in [9.17, 15) is 9.18 Å². The van der Waals surface area contributed by atoms with Gasteiger partial charge in [0.25, 0.3) is 0 Å². The number of aromatic amines is 1. The molecule has 1 aromatic heterocycles. The number of pyridine rings is 1. The van der Waals surface area contributed by atoms with Crippen molar-refractivity contribution >= 4 is 10.9 Å². The summed E-state index contributed by atoms with van der Waals surface area (Å²) in [6.45, 7) is 0. The molecule has 1 N–H and O–H groups in total. The number of hydrogen-bond acceptors (Lipinski definition) is 2. The van der Waals surface area contributed by atoms with Crippen LogP contribution in [0, 0.1) is 5.82 Å². The molecule has 1 fully saturated rings. The third-order valence-corrected chi connectivity index (χ3v) is 3.93. The van der Waals surface area contributed by atoms with Crippen molar-refractivity contribution < 1.29 is 9.13 Å². The molecule has 1 aromatic carbocycles. The van der Waals surface area contributed by atoms with Gasteiger partial charge >= 0.3 is 0 Å². The zero-order chi connectivity index (χ0) is 13.4. The minimum atomic E-state index is -0.409. The average molecular weight is 261 g/mol. The van der Waals surface area contributed by atoms with Crippen LogP contribution in [0.4, 0.5) is 4.39 Å². The van der Waals surface area contributed by atoms with Gasteiger partial charge in [-0.15, -0.1) is 0 Å². The van der Waals surface area contributed by atoms with Gasteiger partial charge in [0.05, 0.1) is 18.0 Å². The third-order valence-electron chi connectivity index (χ3n) is 3.93. The third kappa shape index (κ3) is 2.01. The number of benzene rings is 1. The summed E-state index contributed by atoms with van der Waals surface area (Å²) in [5, 5.41) is 0.296. The lowest BCUT2D eigenvalue weighted by Gasteiger charge is -2.12. The Hall–Kier alpha value is -1.84. The van der Waals surface area contributed by atoms with Gasteiger partial charge in [0.2, 0.25) is 0 Å². The van der Waals surface area contributed by atoms with Gasteiger partial charge < -0.3 is 9.72 Å². The summed E-state index contributed by atoms with van der Waals surface area (Å²) in [5.41, 5.74) is 0.933. The quantitative estimate of drug-likeness (QED) is 0.901. The van der Waals surface area contributed by atoms with E-state index in [1.54, 1.807) is 6.07 Å². The molecule has 0 radical (unpaired) electrons. The summed E-state index contributed by atoms with van der Waals surface area (Å²) < 4.78 is 19.1. The highest BCUT2D eigenvalue weighted by Crippen LogP contribution is 2.34. The Labute approximate surface area is 110 Å². The number of rotatable bonds is 2. The van der Waals surface area contributed by atoms with Crippen LogP contribution < -0.4 is 10.2 Å². The van der Waals surface area contributed by atoms with Crippen LogP contribution in [-0.4, -0.2) is 12.1 Å². The maximum Gasteiger partial charge on any atom is 0.193 e. The van der Waals surface area contributed by atoms with E-state index in [0.29, 0.717) is 17.1 Å². The van der Waals surface area contributed by atoms with Crippen molar-refractivity contribution in [2.45, 2.75) is 31.6 Å². The first-order valence-corrected chi connectivity index (χ1v) is 6.60. The fourth-order valence-electron chi connectivity index (χ4n) is 2.95. The van der Waals surface area contributed by atoms with E-state index in [2.05, 4.69) is 4.98 Å². The van der Waals surface area contributed by atoms with E-state index in [1.165, 1.54) is 32.1 Å². The van der Waals surface area contributed by atoms with E-state index in [4.69, 9.17) is 4.74 Å². The van der Waals surface area contributed by atoms with Gasteiger partial charge in [-0.25, -0.2) is 4.39 Å². The van der Waals surface area contributed by atoms with Crippen molar-refractivity contribution in [1.82, 2.24) is 4.98 Å². The minimum Gasteiger partial charge on any atom is -0.496 e. The van der Waals surface area contributed by atoms with Crippen LogP contribution in [0.1, 0.15) is 37.3 Å². The summed E-state index contributed by atoms with van der Waals surface area (Å²) in [4.78, 5) is 15.3. The van der Waals surface area contributed by atoms with Crippen molar-refractivity contribution in [3.8, 4) is 5.75 Å². The molecule has 2 aromatic rings. The van der Waals surface area contributed by atoms with Crippen LogP contribution >= 0.6 is 0 Å². The summed E-state index contributed by atoms with van der Waals surface area (Å²) in [6, 6.07) is 4.41. The Morgan fingerprint density at radius 1 is 1.32 bits per heavy atom. The molecule has 1 aliphatic carbocycles. The Morgan fingerprint density at radius 2 is 2.05 bits per heavy atom. The molecule has 1 saturated carbocycles. The monoisotopic (exact) mass is 261 g/mol. The number of nitrogens with one attached hydrogen (secondary N) is 1. The van der Waals surface area contributed by atoms with Crippen molar-refractivity contribution in [3.63, 3.8) is 0 Å². The van der Waals surface area contributed by atoms with Crippen LogP contribution in [0.5, 0.6) is 5.75 Å².